The molecule has 0 N–H and O–H groups in total. The Morgan fingerprint density at radius 3 is 2.35 bits per heavy atom. The van der Waals surface area contributed by atoms with Gasteiger partial charge in [-0.05, 0) is 30.7 Å². The quantitative estimate of drug-likeness (QED) is 0.763. The van der Waals surface area contributed by atoms with Crippen molar-refractivity contribution < 1.29 is 9.13 Å². The van der Waals surface area contributed by atoms with E-state index in [-0.39, 0.29) is 12.1 Å². The van der Waals surface area contributed by atoms with Crippen molar-refractivity contribution in [3.8, 4) is 5.75 Å². The molecular weight excluding hydrogens is 215 g/mol. The van der Waals surface area contributed by atoms with Gasteiger partial charge < -0.3 is 4.74 Å². The van der Waals surface area contributed by atoms with Gasteiger partial charge in [-0.3, -0.25) is 4.39 Å². The molecule has 0 bridgehead atoms. The van der Waals surface area contributed by atoms with Crippen LogP contribution in [0.25, 0.3) is 0 Å². The van der Waals surface area contributed by atoms with Crippen molar-refractivity contribution in [2.24, 2.45) is 0 Å². The van der Waals surface area contributed by atoms with Crippen LogP contribution in [-0.4, -0.2) is 13.8 Å². The lowest BCUT2D eigenvalue weighted by molar-refractivity contribution is 0.389. The number of alkyl halides is 1. The van der Waals surface area contributed by atoms with Gasteiger partial charge in [0.15, 0.2) is 0 Å². The van der Waals surface area contributed by atoms with Crippen molar-refractivity contribution in [1.82, 2.24) is 0 Å². The number of benzene rings is 1. The number of ether oxygens (including phenoxy) is 1. The smallest absolute Gasteiger partial charge is 0.125 e. The van der Waals surface area contributed by atoms with Crippen molar-refractivity contribution in [2.75, 3.05) is 13.8 Å². The largest absolute Gasteiger partial charge is 0.496 e. The minimum atomic E-state index is -0.276. The summed E-state index contributed by atoms with van der Waals surface area (Å²) in [7, 11) is 1.69. The third kappa shape index (κ3) is 3.45. The zero-order valence-corrected chi connectivity index (χ0v) is 11.6. The molecule has 96 valence electrons. The van der Waals surface area contributed by atoms with Crippen LogP contribution in [0.2, 0.25) is 0 Å². The summed E-state index contributed by atoms with van der Waals surface area (Å²) in [5, 5.41) is 0. The van der Waals surface area contributed by atoms with Crippen LogP contribution in [0.4, 0.5) is 4.39 Å². The molecule has 0 saturated carbocycles. The first-order chi connectivity index (χ1) is 7.90. The first-order valence-corrected chi connectivity index (χ1v) is 6.14. The van der Waals surface area contributed by atoms with Gasteiger partial charge in [-0.1, -0.05) is 38.5 Å². The Morgan fingerprint density at radius 1 is 1.24 bits per heavy atom. The minimum Gasteiger partial charge on any atom is -0.496 e. The van der Waals surface area contributed by atoms with Crippen molar-refractivity contribution in [2.45, 2.75) is 46.0 Å². The Labute approximate surface area is 104 Å². The highest BCUT2D eigenvalue weighted by Crippen LogP contribution is 2.35. The average molecular weight is 238 g/mol. The zero-order chi connectivity index (χ0) is 13.1. The average Bonchev–Trinajstić information content (AvgIpc) is 2.24. The van der Waals surface area contributed by atoms with E-state index in [1.54, 1.807) is 7.11 Å². The summed E-state index contributed by atoms with van der Waals surface area (Å²) in [6.07, 6.45) is 1.30. The molecule has 0 aliphatic heterocycles. The van der Waals surface area contributed by atoms with Gasteiger partial charge in [0.25, 0.3) is 0 Å². The SMILES string of the molecule is COc1c(CCCF)cc(C)cc1C(C)(C)C. The maximum atomic E-state index is 12.3. The Hall–Kier alpha value is -1.05. The minimum absolute atomic E-state index is 0.0435. The first-order valence-electron chi connectivity index (χ1n) is 6.14. The van der Waals surface area contributed by atoms with Crippen molar-refractivity contribution in [3.63, 3.8) is 0 Å². The van der Waals surface area contributed by atoms with Crippen LogP contribution >= 0.6 is 0 Å². The molecule has 2 heteroatoms. The molecule has 1 aromatic rings. The second kappa shape index (κ2) is 5.52. The lowest BCUT2D eigenvalue weighted by Gasteiger charge is -2.24. The molecule has 0 saturated heterocycles. The summed E-state index contributed by atoms with van der Waals surface area (Å²) in [5.41, 5.74) is 3.58. The van der Waals surface area contributed by atoms with Gasteiger partial charge in [0, 0.05) is 5.56 Å². The van der Waals surface area contributed by atoms with Gasteiger partial charge in [-0.2, -0.15) is 0 Å². The number of hydrogen-bond acceptors (Lipinski definition) is 1. The number of halogens is 1. The molecule has 1 aromatic carbocycles. The second-order valence-electron chi connectivity index (χ2n) is 5.55. The molecule has 17 heavy (non-hydrogen) atoms. The van der Waals surface area contributed by atoms with Crippen LogP contribution in [0.15, 0.2) is 12.1 Å². The molecule has 0 atom stereocenters. The Bertz CT molecular complexity index is 377. The Morgan fingerprint density at radius 2 is 1.88 bits per heavy atom. The molecule has 1 rings (SSSR count). The molecule has 0 spiro atoms. The van der Waals surface area contributed by atoms with E-state index >= 15 is 0 Å². The normalized spacial score (nSPS) is 11.6. The third-order valence-corrected chi connectivity index (χ3v) is 2.90. The maximum absolute atomic E-state index is 12.3. The van der Waals surface area contributed by atoms with Crippen LogP contribution in [0, 0.1) is 6.92 Å². The molecule has 0 aliphatic carbocycles. The van der Waals surface area contributed by atoms with E-state index in [2.05, 4.69) is 39.8 Å². The maximum Gasteiger partial charge on any atom is 0.125 e. The predicted molar refractivity (Wildman–Crippen MR) is 70.7 cm³/mol. The molecule has 0 fully saturated rings. The summed E-state index contributed by atoms with van der Waals surface area (Å²) in [4.78, 5) is 0. The van der Waals surface area contributed by atoms with Crippen molar-refractivity contribution in [3.05, 3.63) is 28.8 Å². The predicted octanol–water partition coefficient (Wildman–Crippen LogP) is 4.20. The molecule has 0 aromatic heterocycles. The van der Waals surface area contributed by atoms with Crippen LogP contribution in [0.1, 0.15) is 43.9 Å². The monoisotopic (exact) mass is 238 g/mol. The summed E-state index contributed by atoms with van der Waals surface area (Å²) < 4.78 is 17.8. The Balaban J connectivity index is 3.25. The van der Waals surface area contributed by atoms with E-state index in [9.17, 15) is 4.39 Å². The number of methoxy groups -OCH3 is 1. The van der Waals surface area contributed by atoms with Crippen LogP contribution < -0.4 is 4.74 Å². The fraction of sp³-hybridized carbons (Fsp3) is 0.600. The van der Waals surface area contributed by atoms with Gasteiger partial charge in [-0.25, -0.2) is 0 Å². The zero-order valence-electron chi connectivity index (χ0n) is 11.6. The number of hydrogen-bond donors (Lipinski definition) is 0. The lowest BCUT2D eigenvalue weighted by Crippen LogP contribution is -2.14. The second-order valence-corrected chi connectivity index (χ2v) is 5.55. The topological polar surface area (TPSA) is 9.23 Å². The third-order valence-electron chi connectivity index (χ3n) is 2.90. The van der Waals surface area contributed by atoms with E-state index < -0.39 is 0 Å². The highest BCUT2D eigenvalue weighted by Gasteiger charge is 2.21. The summed E-state index contributed by atoms with van der Waals surface area (Å²) >= 11 is 0. The standard InChI is InChI=1S/C15H23FO/c1-11-9-12(7-6-8-16)14(17-5)13(10-11)15(2,3)4/h9-10H,6-8H2,1-5H3. The van der Waals surface area contributed by atoms with E-state index in [0.29, 0.717) is 6.42 Å². The van der Waals surface area contributed by atoms with Crippen molar-refractivity contribution in [1.29, 1.82) is 0 Å². The van der Waals surface area contributed by atoms with Gasteiger partial charge in [-0.15, -0.1) is 0 Å². The Kier molecular flexibility index (Phi) is 4.55. The molecule has 1 nitrogen and oxygen atoms in total. The first kappa shape index (κ1) is 14.0. The highest BCUT2D eigenvalue weighted by atomic mass is 19.1. The lowest BCUT2D eigenvalue weighted by atomic mass is 9.83. The molecule has 0 unspecified atom stereocenters. The van der Waals surface area contributed by atoms with Gasteiger partial charge in [0.1, 0.15) is 5.75 Å². The van der Waals surface area contributed by atoms with Crippen LogP contribution in [0.3, 0.4) is 0 Å². The molecule has 0 aliphatic rings. The number of rotatable bonds is 4. The summed E-state index contributed by atoms with van der Waals surface area (Å²) in [5.74, 6) is 0.927. The van der Waals surface area contributed by atoms with Gasteiger partial charge in [0.2, 0.25) is 0 Å². The van der Waals surface area contributed by atoms with Gasteiger partial charge >= 0.3 is 0 Å². The molecule has 0 amide bonds. The number of aryl methyl sites for hydroxylation is 2. The van der Waals surface area contributed by atoms with E-state index in [4.69, 9.17) is 4.74 Å². The van der Waals surface area contributed by atoms with E-state index in [1.165, 1.54) is 11.1 Å². The fourth-order valence-electron chi connectivity index (χ4n) is 2.09. The van der Waals surface area contributed by atoms with Crippen LogP contribution in [0.5, 0.6) is 5.75 Å². The molecule has 0 radical (unpaired) electrons. The van der Waals surface area contributed by atoms with E-state index in [1.807, 2.05) is 0 Å². The highest BCUT2D eigenvalue weighted by molar-refractivity contribution is 5.47. The summed E-state index contributed by atoms with van der Waals surface area (Å²) in [6, 6.07) is 4.27. The van der Waals surface area contributed by atoms with E-state index in [0.717, 1.165) is 17.7 Å². The van der Waals surface area contributed by atoms with Crippen LogP contribution in [-0.2, 0) is 11.8 Å². The van der Waals surface area contributed by atoms with Gasteiger partial charge in [0.05, 0.1) is 13.8 Å². The summed E-state index contributed by atoms with van der Waals surface area (Å²) in [6.45, 7) is 8.31. The van der Waals surface area contributed by atoms with Crippen molar-refractivity contribution >= 4 is 0 Å². The molecule has 0 heterocycles. The fourth-order valence-corrected chi connectivity index (χ4v) is 2.09. The molecular formula is C15H23FO.